The third kappa shape index (κ3) is 2.83. The fourth-order valence-electron chi connectivity index (χ4n) is 3.40. The van der Waals surface area contributed by atoms with Gasteiger partial charge >= 0.3 is 0 Å². The van der Waals surface area contributed by atoms with Gasteiger partial charge in [0.2, 0.25) is 0 Å². The predicted molar refractivity (Wildman–Crippen MR) is 99.6 cm³/mol. The minimum absolute atomic E-state index is 0.0318. The third-order valence-electron chi connectivity index (χ3n) is 4.66. The Kier molecular flexibility index (Phi) is 3.74. The van der Waals surface area contributed by atoms with Gasteiger partial charge in [-0.1, -0.05) is 30.2 Å². The average Bonchev–Trinajstić information content (AvgIpc) is 2.61. The highest BCUT2D eigenvalue weighted by atomic mass is 16.3. The van der Waals surface area contributed by atoms with Crippen LogP contribution in [0.4, 0.5) is 5.82 Å². The number of pyridine rings is 1. The van der Waals surface area contributed by atoms with E-state index in [0.29, 0.717) is 35.6 Å². The van der Waals surface area contributed by atoms with Gasteiger partial charge in [0.1, 0.15) is 17.1 Å². The summed E-state index contributed by atoms with van der Waals surface area (Å²) in [7, 11) is 0. The summed E-state index contributed by atoms with van der Waals surface area (Å²) in [5.74, 6) is 3.07. The summed E-state index contributed by atoms with van der Waals surface area (Å²) in [5, 5.41) is 33.8. The van der Waals surface area contributed by atoms with Crippen LogP contribution in [0.15, 0.2) is 36.5 Å². The lowest BCUT2D eigenvalue weighted by Crippen LogP contribution is -2.48. The number of aliphatic hydroxyl groups is 1. The van der Waals surface area contributed by atoms with Crippen LogP contribution in [0, 0.1) is 12.3 Å². The summed E-state index contributed by atoms with van der Waals surface area (Å²) in [4.78, 5) is 4.26. The second-order valence-electron chi connectivity index (χ2n) is 6.93. The van der Waals surface area contributed by atoms with Crippen molar-refractivity contribution in [2.24, 2.45) is 0 Å². The SMILES string of the molecule is C#Cc1cnc(-c2nnc(NC3CC(C)(O)C3)c3ccccc23)c(O)c1. The molecule has 0 bridgehead atoms. The van der Waals surface area contributed by atoms with E-state index in [-0.39, 0.29) is 11.8 Å². The largest absolute Gasteiger partial charge is 0.506 e. The molecule has 0 atom stereocenters. The molecule has 1 aliphatic carbocycles. The van der Waals surface area contributed by atoms with Gasteiger partial charge in [0.15, 0.2) is 5.82 Å². The maximum absolute atomic E-state index is 10.3. The van der Waals surface area contributed by atoms with Gasteiger partial charge < -0.3 is 15.5 Å². The topological polar surface area (TPSA) is 91.2 Å². The van der Waals surface area contributed by atoms with Crippen molar-refractivity contribution in [3.8, 4) is 29.5 Å². The number of anilines is 1. The van der Waals surface area contributed by atoms with Crippen molar-refractivity contribution in [1.29, 1.82) is 0 Å². The molecule has 0 radical (unpaired) electrons. The number of aromatic nitrogens is 3. The van der Waals surface area contributed by atoms with Crippen LogP contribution in [0.2, 0.25) is 0 Å². The first-order valence-corrected chi connectivity index (χ1v) is 8.37. The van der Waals surface area contributed by atoms with Crippen molar-refractivity contribution >= 4 is 16.6 Å². The number of hydrogen-bond donors (Lipinski definition) is 3. The zero-order valence-electron chi connectivity index (χ0n) is 14.3. The lowest BCUT2D eigenvalue weighted by molar-refractivity contribution is -0.0235. The molecule has 0 saturated heterocycles. The molecule has 6 heteroatoms. The van der Waals surface area contributed by atoms with Crippen molar-refractivity contribution in [3.05, 3.63) is 42.1 Å². The van der Waals surface area contributed by atoms with E-state index >= 15 is 0 Å². The molecule has 4 rings (SSSR count). The summed E-state index contributed by atoms with van der Waals surface area (Å²) >= 11 is 0. The second kappa shape index (κ2) is 5.97. The Morgan fingerprint density at radius 1 is 1.19 bits per heavy atom. The van der Waals surface area contributed by atoms with Crippen molar-refractivity contribution < 1.29 is 10.2 Å². The quantitative estimate of drug-likeness (QED) is 0.632. The number of hydrogen-bond acceptors (Lipinski definition) is 6. The Morgan fingerprint density at radius 2 is 1.92 bits per heavy atom. The van der Waals surface area contributed by atoms with Crippen LogP contribution in [-0.2, 0) is 0 Å². The highest BCUT2D eigenvalue weighted by Crippen LogP contribution is 2.37. The van der Waals surface area contributed by atoms with Crippen molar-refractivity contribution in [3.63, 3.8) is 0 Å². The number of rotatable bonds is 3. The molecule has 6 nitrogen and oxygen atoms in total. The third-order valence-corrected chi connectivity index (χ3v) is 4.66. The van der Waals surface area contributed by atoms with E-state index in [4.69, 9.17) is 6.42 Å². The normalized spacial score (nSPS) is 21.8. The summed E-state index contributed by atoms with van der Waals surface area (Å²) < 4.78 is 0. The standard InChI is InChI=1S/C20H18N4O2/c1-3-12-8-16(25)18(21-11-12)17-14-6-4-5-7-15(14)19(24-23-17)22-13-9-20(2,26)10-13/h1,4-8,11,13,25-26H,9-10H2,2H3,(H,22,24). The van der Waals surface area contributed by atoms with E-state index in [1.807, 2.05) is 31.2 Å². The molecule has 3 aromatic rings. The first kappa shape index (κ1) is 16.3. The first-order valence-electron chi connectivity index (χ1n) is 8.37. The Labute approximate surface area is 150 Å². The molecule has 1 saturated carbocycles. The summed E-state index contributed by atoms with van der Waals surface area (Å²) in [6.45, 7) is 1.83. The fraction of sp³-hybridized carbons (Fsp3) is 0.250. The lowest BCUT2D eigenvalue weighted by atomic mass is 9.77. The van der Waals surface area contributed by atoms with Crippen LogP contribution < -0.4 is 5.32 Å². The van der Waals surface area contributed by atoms with E-state index in [0.717, 1.165) is 10.8 Å². The Morgan fingerprint density at radius 3 is 2.58 bits per heavy atom. The molecule has 26 heavy (non-hydrogen) atoms. The molecule has 2 heterocycles. The molecule has 130 valence electrons. The van der Waals surface area contributed by atoms with Crippen LogP contribution in [0.25, 0.3) is 22.2 Å². The van der Waals surface area contributed by atoms with Crippen LogP contribution in [0.1, 0.15) is 25.3 Å². The average molecular weight is 346 g/mol. The van der Waals surface area contributed by atoms with Gasteiger partial charge in [-0.05, 0) is 25.8 Å². The van der Waals surface area contributed by atoms with E-state index in [9.17, 15) is 10.2 Å². The van der Waals surface area contributed by atoms with Crippen LogP contribution >= 0.6 is 0 Å². The van der Waals surface area contributed by atoms with Crippen LogP contribution in [0.5, 0.6) is 5.75 Å². The second-order valence-corrected chi connectivity index (χ2v) is 6.93. The number of aromatic hydroxyl groups is 1. The zero-order valence-corrected chi connectivity index (χ0v) is 14.3. The van der Waals surface area contributed by atoms with E-state index in [1.165, 1.54) is 12.3 Å². The van der Waals surface area contributed by atoms with Gasteiger partial charge in [0.25, 0.3) is 0 Å². The van der Waals surface area contributed by atoms with Crippen molar-refractivity contribution in [2.75, 3.05) is 5.32 Å². The Hall–Kier alpha value is -3.17. The van der Waals surface area contributed by atoms with Gasteiger partial charge in [0.05, 0.1) is 5.60 Å². The molecular weight excluding hydrogens is 328 g/mol. The molecule has 3 N–H and O–H groups in total. The van der Waals surface area contributed by atoms with Gasteiger partial charge in [0, 0.05) is 28.6 Å². The molecule has 2 aromatic heterocycles. The van der Waals surface area contributed by atoms with E-state index in [2.05, 4.69) is 26.4 Å². The summed E-state index contributed by atoms with van der Waals surface area (Å²) in [6, 6.07) is 9.33. The van der Waals surface area contributed by atoms with Gasteiger partial charge in [-0.2, -0.15) is 0 Å². The van der Waals surface area contributed by atoms with Crippen molar-refractivity contribution in [2.45, 2.75) is 31.4 Å². The molecule has 0 spiro atoms. The zero-order chi connectivity index (χ0) is 18.3. The summed E-state index contributed by atoms with van der Waals surface area (Å²) in [6.07, 6.45) is 8.20. The number of benzene rings is 1. The molecule has 1 aromatic carbocycles. The highest BCUT2D eigenvalue weighted by Gasteiger charge is 2.38. The minimum atomic E-state index is -0.616. The number of nitrogens with one attached hydrogen (secondary N) is 1. The highest BCUT2D eigenvalue weighted by molar-refractivity contribution is 6.00. The molecule has 1 fully saturated rings. The monoisotopic (exact) mass is 346 g/mol. The summed E-state index contributed by atoms with van der Waals surface area (Å²) in [5.41, 5.74) is 0.715. The van der Waals surface area contributed by atoms with Crippen LogP contribution in [-0.4, -0.2) is 37.0 Å². The number of fused-ring (bicyclic) bond motifs is 1. The number of terminal acetylenes is 1. The van der Waals surface area contributed by atoms with E-state index < -0.39 is 5.60 Å². The molecule has 1 aliphatic rings. The van der Waals surface area contributed by atoms with Gasteiger partial charge in [-0.15, -0.1) is 16.6 Å². The Balaban J connectivity index is 1.76. The smallest absolute Gasteiger partial charge is 0.156 e. The van der Waals surface area contributed by atoms with E-state index in [1.54, 1.807) is 0 Å². The Bertz CT molecular complexity index is 1030. The van der Waals surface area contributed by atoms with Crippen molar-refractivity contribution in [1.82, 2.24) is 15.2 Å². The molecule has 0 unspecified atom stereocenters. The van der Waals surface area contributed by atoms with Gasteiger partial charge in [-0.3, -0.25) is 0 Å². The number of nitrogens with zero attached hydrogens (tertiary/aromatic N) is 3. The fourth-order valence-corrected chi connectivity index (χ4v) is 3.40. The first-order chi connectivity index (χ1) is 12.5. The molecule has 0 aliphatic heterocycles. The minimum Gasteiger partial charge on any atom is -0.506 e. The lowest BCUT2D eigenvalue weighted by Gasteiger charge is -2.41. The molecule has 0 amide bonds. The van der Waals surface area contributed by atoms with Crippen LogP contribution in [0.3, 0.4) is 0 Å². The maximum Gasteiger partial charge on any atom is 0.156 e. The maximum atomic E-state index is 10.3. The predicted octanol–water partition coefficient (Wildman–Crippen LogP) is 2.70. The van der Waals surface area contributed by atoms with Gasteiger partial charge in [-0.25, -0.2) is 4.98 Å². The molecular formula is C20H18N4O2.